The Balaban J connectivity index is 2.20. The topological polar surface area (TPSA) is 58.4 Å². The van der Waals surface area contributed by atoms with Gasteiger partial charge in [-0.3, -0.25) is 9.59 Å². The van der Waals surface area contributed by atoms with Gasteiger partial charge in [0.05, 0.1) is 17.9 Å². The lowest BCUT2D eigenvalue weighted by Crippen LogP contribution is -2.43. The van der Waals surface area contributed by atoms with E-state index in [0.717, 1.165) is 18.5 Å². The largest absolute Gasteiger partial charge is 0.371 e. The van der Waals surface area contributed by atoms with Crippen LogP contribution < -0.4 is 10.5 Å². The molecule has 0 N–H and O–H groups in total. The number of carbonyl (C=O) groups excluding carboxylic acids is 1. The molecule has 0 radical (unpaired) electrons. The molecule has 1 aliphatic rings. The summed E-state index contributed by atoms with van der Waals surface area (Å²) in [6.07, 6.45) is 4.76. The third-order valence-electron chi connectivity index (χ3n) is 4.22. The Morgan fingerprint density at radius 2 is 2.27 bits per heavy atom. The van der Waals surface area contributed by atoms with E-state index in [9.17, 15) is 9.59 Å². The molecule has 0 unspecified atom stereocenters. The zero-order valence-electron chi connectivity index (χ0n) is 13.5. The van der Waals surface area contributed by atoms with Crippen molar-refractivity contribution in [2.45, 2.75) is 38.8 Å². The molecule has 1 atom stereocenters. The second kappa shape index (κ2) is 6.77. The van der Waals surface area contributed by atoms with Gasteiger partial charge in [0.15, 0.2) is 0 Å². The van der Waals surface area contributed by atoms with Crippen LogP contribution in [0.2, 0.25) is 0 Å². The standard InChI is InChI=1S/C16H24N4O2/c1-5-15(21)19-8-6-7-13(11-19)20-16(22)9-14(10-17-20)18(4)12(2)3/h5,9-10,12-13H,1,6-8,11H2,2-4H3/t13-/m1/s1. The van der Waals surface area contributed by atoms with Crippen molar-refractivity contribution in [2.75, 3.05) is 25.0 Å². The van der Waals surface area contributed by atoms with Crippen molar-refractivity contribution in [3.8, 4) is 0 Å². The summed E-state index contributed by atoms with van der Waals surface area (Å²) in [7, 11) is 1.94. The molecule has 120 valence electrons. The van der Waals surface area contributed by atoms with Crippen LogP contribution in [-0.4, -0.2) is 46.8 Å². The van der Waals surface area contributed by atoms with Gasteiger partial charge in [-0.2, -0.15) is 5.10 Å². The Morgan fingerprint density at radius 3 is 2.86 bits per heavy atom. The smallest absolute Gasteiger partial charge is 0.269 e. The molecule has 1 aromatic rings. The molecular weight excluding hydrogens is 280 g/mol. The highest BCUT2D eigenvalue weighted by Gasteiger charge is 2.25. The molecule has 0 bridgehead atoms. The molecule has 0 spiro atoms. The van der Waals surface area contributed by atoms with Crippen LogP contribution in [0.4, 0.5) is 5.69 Å². The minimum Gasteiger partial charge on any atom is -0.371 e. The SMILES string of the molecule is C=CC(=O)N1CCC[C@@H](n2ncc(N(C)C(C)C)cc2=O)C1. The van der Waals surface area contributed by atoms with E-state index in [1.54, 1.807) is 17.2 Å². The summed E-state index contributed by atoms with van der Waals surface area (Å²) in [5.74, 6) is -0.0890. The van der Waals surface area contributed by atoms with Gasteiger partial charge >= 0.3 is 0 Å². The van der Waals surface area contributed by atoms with Crippen molar-refractivity contribution in [1.82, 2.24) is 14.7 Å². The van der Waals surface area contributed by atoms with Gasteiger partial charge in [-0.05, 0) is 32.8 Å². The van der Waals surface area contributed by atoms with Crippen LogP contribution in [0, 0.1) is 0 Å². The molecule has 2 heterocycles. The molecule has 0 saturated carbocycles. The number of aromatic nitrogens is 2. The molecule has 6 nitrogen and oxygen atoms in total. The molecule has 1 fully saturated rings. The molecule has 1 aliphatic heterocycles. The number of piperidine rings is 1. The minimum atomic E-state index is -0.122. The Hall–Kier alpha value is -2.11. The van der Waals surface area contributed by atoms with Crippen LogP contribution in [0.15, 0.2) is 29.7 Å². The van der Waals surface area contributed by atoms with E-state index in [2.05, 4.69) is 25.5 Å². The fraction of sp³-hybridized carbons (Fsp3) is 0.562. The maximum Gasteiger partial charge on any atom is 0.269 e. The second-order valence-corrected chi connectivity index (χ2v) is 5.99. The summed E-state index contributed by atoms with van der Waals surface area (Å²) in [5.41, 5.74) is 0.689. The van der Waals surface area contributed by atoms with E-state index in [4.69, 9.17) is 0 Å². The second-order valence-electron chi connectivity index (χ2n) is 5.99. The average Bonchev–Trinajstić information content (AvgIpc) is 2.53. The Morgan fingerprint density at radius 1 is 1.55 bits per heavy atom. The van der Waals surface area contributed by atoms with Gasteiger partial charge in [0, 0.05) is 32.2 Å². The first-order chi connectivity index (χ1) is 10.4. The van der Waals surface area contributed by atoms with Gasteiger partial charge in [0.2, 0.25) is 5.91 Å². The van der Waals surface area contributed by atoms with Crippen molar-refractivity contribution in [3.05, 3.63) is 35.3 Å². The number of hydrogen-bond donors (Lipinski definition) is 0. The predicted octanol–water partition coefficient (Wildman–Crippen LogP) is 1.44. The summed E-state index contributed by atoms with van der Waals surface area (Å²) in [5, 5.41) is 4.32. The monoisotopic (exact) mass is 304 g/mol. The predicted molar refractivity (Wildman–Crippen MR) is 87.1 cm³/mol. The number of rotatable bonds is 4. The maximum absolute atomic E-state index is 12.4. The molecule has 1 amide bonds. The lowest BCUT2D eigenvalue weighted by molar-refractivity contribution is -0.127. The van der Waals surface area contributed by atoms with Gasteiger partial charge in [-0.15, -0.1) is 0 Å². The molecule has 0 aromatic carbocycles. The van der Waals surface area contributed by atoms with Crippen molar-refractivity contribution < 1.29 is 4.79 Å². The molecule has 22 heavy (non-hydrogen) atoms. The van der Waals surface area contributed by atoms with E-state index in [1.165, 1.54) is 10.8 Å². The van der Waals surface area contributed by atoms with E-state index in [1.807, 2.05) is 11.9 Å². The number of nitrogens with zero attached hydrogens (tertiary/aromatic N) is 4. The molecule has 6 heteroatoms. The van der Waals surface area contributed by atoms with Gasteiger partial charge < -0.3 is 9.80 Å². The van der Waals surface area contributed by atoms with E-state index >= 15 is 0 Å². The first kappa shape index (κ1) is 16.3. The van der Waals surface area contributed by atoms with Crippen LogP contribution in [-0.2, 0) is 4.79 Å². The van der Waals surface area contributed by atoms with E-state index in [0.29, 0.717) is 19.1 Å². The highest BCUT2D eigenvalue weighted by molar-refractivity contribution is 5.87. The Bertz CT molecular complexity index is 608. The Kier molecular flexibility index (Phi) is 5.00. The van der Waals surface area contributed by atoms with Gasteiger partial charge in [0.25, 0.3) is 5.56 Å². The highest BCUT2D eigenvalue weighted by atomic mass is 16.2. The molecule has 1 aromatic heterocycles. The minimum absolute atomic E-state index is 0.0662. The molecule has 1 saturated heterocycles. The summed E-state index contributed by atoms with van der Waals surface area (Å²) >= 11 is 0. The fourth-order valence-corrected chi connectivity index (χ4v) is 2.66. The van der Waals surface area contributed by atoms with Crippen LogP contribution in [0.1, 0.15) is 32.7 Å². The fourth-order valence-electron chi connectivity index (χ4n) is 2.66. The average molecular weight is 304 g/mol. The number of amides is 1. The number of hydrogen-bond acceptors (Lipinski definition) is 4. The highest BCUT2D eigenvalue weighted by Crippen LogP contribution is 2.20. The molecular formula is C16H24N4O2. The van der Waals surface area contributed by atoms with Crippen molar-refractivity contribution in [3.63, 3.8) is 0 Å². The van der Waals surface area contributed by atoms with E-state index < -0.39 is 0 Å². The van der Waals surface area contributed by atoms with Crippen LogP contribution in [0.3, 0.4) is 0 Å². The summed E-state index contributed by atoms with van der Waals surface area (Å²) < 4.78 is 1.50. The summed E-state index contributed by atoms with van der Waals surface area (Å²) in [6, 6.07) is 1.84. The first-order valence-electron chi connectivity index (χ1n) is 7.67. The Labute approximate surface area is 131 Å². The van der Waals surface area contributed by atoms with Crippen molar-refractivity contribution in [2.24, 2.45) is 0 Å². The number of likely N-dealkylation sites (tertiary alicyclic amines) is 1. The lowest BCUT2D eigenvalue weighted by atomic mass is 10.1. The third kappa shape index (κ3) is 3.37. The van der Waals surface area contributed by atoms with Crippen molar-refractivity contribution in [1.29, 1.82) is 0 Å². The molecule has 0 aliphatic carbocycles. The molecule has 2 rings (SSSR count). The van der Waals surface area contributed by atoms with Crippen LogP contribution in [0.25, 0.3) is 0 Å². The normalized spacial score (nSPS) is 18.4. The van der Waals surface area contributed by atoms with Crippen molar-refractivity contribution >= 4 is 11.6 Å². The maximum atomic E-state index is 12.4. The quantitative estimate of drug-likeness (QED) is 0.790. The first-order valence-corrected chi connectivity index (χ1v) is 7.67. The lowest BCUT2D eigenvalue weighted by Gasteiger charge is -2.32. The number of anilines is 1. The zero-order chi connectivity index (χ0) is 16.3. The van der Waals surface area contributed by atoms with Gasteiger partial charge in [-0.1, -0.05) is 6.58 Å². The van der Waals surface area contributed by atoms with Crippen LogP contribution in [0.5, 0.6) is 0 Å². The van der Waals surface area contributed by atoms with Crippen LogP contribution >= 0.6 is 0 Å². The third-order valence-corrected chi connectivity index (χ3v) is 4.22. The van der Waals surface area contributed by atoms with E-state index in [-0.39, 0.29) is 17.5 Å². The van der Waals surface area contributed by atoms with Gasteiger partial charge in [0.1, 0.15) is 0 Å². The number of carbonyl (C=O) groups is 1. The van der Waals surface area contributed by atoms with Gasteiger partial charge in [-0.25, -0.2) is 4.68 Å². The summed E-state index contributed by atoms with van der Waals surface area (Å²) in [6.45, 7) is 8.86. The zero-order valence-corrected chi connectivity index (χ0v) is 13.5. The summed E-state index contributed by atoms with van der Waals surface area (Å²) in [4.78, 5) is 27.8.